The van der Waals surface area contributed by atoms with Gasteiger partial charge in [0.25, 0.3) is 5.91 Å². The molecular formula is C19H18ClN5O2. The fourth-order valence-corrected chi connectivity index (χ4v) is 3.40. The average molecular weight is 384 g/mol. The second-order valence-corrected chi connectivity index (χ2v) is 6.91. The molecule has 138 valence electrons. The maximum absolute atomic E-state index is 12.7. The lowest BCUT2D eigenvalue weighted by atomic mass is 10.0. The molecule has 1 N–H and O–H groups in total. The van der Waals surface area contributed by atoms with Gasteiger partial charge in [0, 0.05) is 48.0 Å². The van der Waals surface area contributed by atoms with Gasteiger partial charge in [0.15, 0.2) is 5.65 Å². The Labute approximate surface area is 160 Å². The first-order valence-electron chi connectivity index (χ1n) is 8.74. The zero-order valence-corrected chi connectivity index (χ0v) is 15.5. The van der Waals surface area contributed by atoms with Crippen LogP contribution in [0.5, 0.6) is 0 Å². The molecule has 1 saturated heterocycles. The van der Waals surface area contributed by atoms with Crippen LogP contribution in [0.25, 0.3) is 5.65 Å². The second-order valence-electron chi connectivity index (χ2n) is 6.47. The van der Waals surface area contributed by atoms with E-state index in [1.54, 1.807) is 35.0 Å². The zero-order chi connectivity index (χ0) is 19.0. The van der Waals surface area contributed by atoms with Gasteiger partial charge in [0.05, 0.1) is 6.20 Å². The molecule has 0 aliphatic carbocycles. The van der Waals surface area contributed by atoms with Crippen LogP contribution in [-0.4, -0.2) is 44.4 Å². The Hall–Kier alpha value is -2.93. The first-order chi connectivity index (χ1) is 13.0. The Morgan fingerprint density at radius 1 is 1.30 bits per heavy atom. The molecule has 27 heavy (non-hydrogen) atoms. The van der Waals surface area contributed by atoms with Crippen LogP contribution in [0.2, 0.25) is 5.02 Å². The minimum atomic E-state index is -0.297. The van der Waals surface area contributed by atoms with E-state index < -0.39 is 0 Å². The van der Waals surface area contributed by atoms with Crippen LogP contribution in [0.15, 0.2) is 42.7 Å². The van der Waals surface area contributed by atoms with Gasteiger partial charge in [-0.15, -0.1) is 0 Å². The maximum atomic E-state index is 12.7. The summed E-state index contributed by atoms with van der Waals surface area (Å²) in [6, 6.07) is 8.74. The number of carbonyl (C=O) groups is 2. The summed E-state index contributed by atoms with van der Waals surface area (Å²) in [6.45, 7) is 3.31. The monoisotopic (exact) mass is 383 g/mol. The second kappa shape index (κ2) is 7.00. The summed E-state index contributed by atoms with van der Waals surface area (Å²) in [7, 11) is 0. The van der Waals surface area contributed by atoms with Gasteiger partial charge in [0.1, 0.15) is 5.56 Å². The molecule has 2 aromatic heterocycles. The lowest BCUT2D eigenvalue weighted by Crippen LogP contribution is -2.24. The molecule has 0 spiro atoms. The summed E-state index contributed by atoms with van der Waals surface area (Å²) in [6.07, 6.45) is 3.71. The average Bonchev–Trinajstić information content (AvgIpc) is 3.26. The van der Waals surface area contributed by atoms with E-state index in [1.807, 2.05) is 17.9 Å². The minimum absolute atomic E-state index is 0.0320. The van der Waals surface area contributed by atoms with Crippen molar-refractivity contribution in [3.63, 3.8) is 0 Å². The largest absolute Gasteiger partial charge is 0.342 e. The Balaban J connectivity index is 1.61. The number of nitrogens with zero attached hydrogens (tertiary/aromatic N) is 4. The van der Waals surface area contributed by atoms with Crippen LogP contribution < -0.4 is 5.32 Å². The van der Waals surface area contributed by atoms with E-state index in [0.717, 1.165) is 5.69 Å². The topological polar surface area (TPSA) is 79.6 Å². The van der Waals surface area contributed by atoms with Crippen molar-refractivity contribution in [2.75, 3.05) is 18.4 Å². The summed E-state index contributed by atoms with van der Waals surface area (Å²) in [5, 5.41) is 7.63. The van der Waals surface area contributed by atoms with Gasteiger partial charge in [-0.2, -0.15) is 5.10 Å². The van der Waals surface area contributed by atoms with Crippen LogP contribution in [-0.2, 0) is 4.79 Å². The Kier molecular flexibility index (Phi) is 4.53. The van der Waals surface area contributed by atoms with E-state index in [2.05, 4.69) is 15.4 Å². The number of carbonyl (C=O) groups excluding carboxylic acids is 2. The fourth-order valence-electron chi connectivity index (χ4n) is 3.28. The third kappa shape index (κ3) is 3.38. The van der Waals surface area contributed by atoms with Crippen molar-refractivity contribution in [3.8, 4) is 0 Å². The van der Waals surface area contributed by atoms with Crippen LogP contribution in [0, 0.1) is 0 Å². The number of nitrogens with one attached hydrogen (secondary N) is 1. The number of likely N-dealkylation sites (N-methyl/N-ethyl adjacent to an activating group) is 1. The quantitative estimate of drug-likeness (QED) is 0.751. The van der Waals surface area contributed by atoms with Crippen LogP contribution in [0.3, 0.4) is 0 Å². The highest BCUT2D eigenvalue weighted by Crippen LogP contribution is 2.27. The lowest BCUT2D eigenvalue weighted by molar-refractivity contribution is -0.127. The highest BCUT2D eigenvalue weighted by atomic mass is 35.5. The molecule has 4 rings (SSSR count). The molecule has 0 radical (unpaired) electrons. The van der Waals surface area contributed by atoms with E-state index in [4.69, 9.17) is 11.6 Å². The SMILES string of the molecule is CCN1C[C@@H](c2ccn3ncc(C(=O)Nc4ccc(Cl)cc4)c3n2)CC1=O. The number of likely N-dealkylation sites (tertiary alicyclic amines) is 1. The van der Waals surface area contributed by atoms with Crippen molar-refractivity contribution in [3.05, 3.63) is 59.0 Å². The summed E-state index contributed by atoms with van der Waals surface area (Å²) < 4.78 is 1.56. The molecule has 1 aliphatic heterocycles. The number of halogens is 1. The first kappa shape index (κ1) is 17.5. The molecule has 1 fully saturated rings. The number of rotatable bonds is 4. The molecule has 0 bridgehead atoms. The third-order valence-corrected chi connectivity index (χ3v) is 5.00. The van der Waals surface area contributed by atoms with Gasteiger partial charge >= 0.3 is 0 Å². The number of aromatic nitrogens is 3. The van der Waals surface area contributed by atoms with E-state index in [9.17, 15) is 9.59 Å². The van der Waals surface area contributed by atoms with Crippen LogP contribution in [0.1, 0.15) is 35.3 Å². The summed E-state index contributed by atoms with van der Waals surface area (Å²) in [4.78, 5) is 31.1. The molecule has 0 saturated carbocycles. The van der Waals surface area contributed by atoms with Crippen LogP contribution in [0.4, 0.5) is 5.69 Å². The normalized spacial score (nSPS) is 16.9. The number of fused-ring (bicyclic) bond motifs is 1. The molecule has 1 aromatic carbocycles. The standard InChI is InChI=1S/C19H18ClN5O2/c1-2-24-11-12(9-17(24)26)16-7-8-25-18(23-16)15(10-21-25)19(27)22-14-5-3-13(20)4-6-14/h3-8,10,12H,2,9,11H2,1H3,(H,22,27)/t12-/m0/s1. The maximum Gasteiger partial charge on any atom is 0.261 e. The highest BCUT2D eigenvalue weighted by molar-refractivity contribution is 6.30. The molecule has 3 heterocycles. The van der Waals surface area contributed by atoms with Crippen molar-refractivity contribution in [2.45, 2.75) is 19.3 Å². The lowest BCUT2D eigenvalue weighted by Gasteiger charge is -2.13. The Bertz CT molecular complexity index is 1010. The van der Waals surface area contributed by atoms with Crippen molar-refractivity contribution in [2.24, 2.45) is 0 Å². The van der Waals surface area contributed by atoms with Gasteiger partial charge in [-0.05, 0) is 37.3 Å². The highest BCUT2D eigenvalue weighted by Gasteiger charge is 2.30. The van der Waals surface area contributed by atoms with Gasteiger partial charge in [0.2, 0.25) is 5.91 Å². The Morgan fingerprint density at radius 2 is 2.07 bits per heavy atom. The Morgan fingerprint density at radius 3 is 2.78 bits per heavy atom. The van der Waals surface area contributed by atoms with Crippen LogP contribution >= 0.6 is 11.6 Å². The smallest absolute Gasteiger partial charge is 0.261 e. The first-order valence-corrected chi connectivity index (χ1v) is 9.12. The molecule has 3 aromatic rings. The number of hydrogen-bond donors (Lipinski definition) is 1. The molecule has 1 aliphatic rings. The number of benzene rings is 1. The molecule has 8 heteroatoms. The molecule has 2 amide bonds. The fraction of sp³-hybridized carbons (Fsp3) is 0.263. The van der Waals surface area contributed by atoms with Gasteiger partial charge < -0.3 is 10.2 Å². The summed E-state index contributed by atoms with van der Waals surface area (Å²) >= 11 is 5.87. The van der Waals surface area contributed by atoms with Crippen molar-refractivity contribution >= 4 is 34.7 Å². The number of hydrogen-bond acceptors (Lipinski definition) is 4. The van der Waals surface area contributed by atoms with Gasteiger partial charge in [-0.25, -0.2) is 9.50 Å². The molecule has 7 nitrogen and oxygen atoms in total. The molecular weight excluding hydrogens is 366 g/mol. The predicted molar refractivity (Wildman–Crippen MR) is 102 cm³/mol. The predicted octanol–water partition coefficient (Wildman–Crippen LogP) is 2.97. The van der Waals surface area contributed by atoms with E-state index in [1.165, 1.54) is 6.20 Å². The number of amides is 2. The zero-order valence-electron chi connectivity index (χ0n) is 14.7. The third-order valence-electron chi connectivity index (χ3n) is 4.75. The summed E-state index contributed by atoms with van der Waals surface area (Å²) in [5.41, 5.74) is 2.29. The van der Waals surface area contributed by atoms with E-state index in [0.29, 0.717) is 41.4 Å². The van der Waals surface area contributed by atoms with Crippen molar-refractivity contribution in [1.29, 1.82) is 0 Å². The van der Waals surface area contributed by atoms with Gasteiger partial charge in [-0.1, -0.05) is 11.6 Å². The molecule has 1 atom stereocenters. The molecule has 0 unspecified atom stereocenters. The van der Waals surface area contributed by atoms with Gasteiger partial charge in [-0.3, -0.25) is 9.59 Å². The summed E-state index contributed by atoms with van der Waals surface area (Å²) in [5.74, 6) is -0.127. The van der Waals surface area contributed by atoms with E-state index >= 15 is 0 Å². The van der Waals surface area contributed by atoms with Crippen molar-refractivity contribution in [1.82, 2.24) is 19.5 Å². The van der Waals surface area contributed by atoms with E-state index in [-0.39, 0.29) is 17.7 Å². The van der Waals surface area contributed by atoms with Crippen molar-refractivity contribution < 1.29 is 9.59 Å². The number of anilines is 1. The minimum Gasteiger partial charge on any atom is -0.342 e.